The topological polar surface area (TPSA) is 91.4 Å². The van der Waals surface area contributed by atoms with Gasteiger partial charge in [0.25, 0.3) is 5.56 Å². The molecule has 1 aromatic carbocycles. The van der Waals surface area contributed by atoms with Gasteiger partial charge in [0.1, 0.15) is 22.7 Å². The zero-order valence-electron chi connectivity index (χ0n) is 17.2. The first-order valence-corrected chi connectivity index (χ1v) is 9.38. The first-order valence-electron chi connectivity index (χ1n) is 9.38. The van der Waals surface area contributed by atoms with Crippen LogP contribution in [-0.4, -0.2) is 28.8 Å². The van der Waals surface area contributed by atoms with Crippen LogP contribution in [0.3, 0.4) is 0 Å². The summed E-state index contributed by atoms with van der Waals surface area (Å²) >= 11 is 0. The molecule has 0 aliphatic rings. The number of ether oxygens (including phenoxy) is 2. The lowest BCUT2D eigenvalue weighted by molar-refractivity contribution is 0.355. The Bertz CT molecular complexity index is 1280. The van der Waals surface area contributed by atoms with Gasteiger partial charge in [0.05, 0.1) is 38.3 Å². The summed E-state index contributed by atoms with van der Waals surface area (Å²) in [4.78, 5) is 21.9. The number of methoxy groups -OCH3 is 2. The van der Waals surface area contributed by atoms with Crippen LogP contribution in [0, 0.1) is 6.92 Å². The van der Waals surface area contributed by atoms with Gasteiger partial charge in [-0.25, -0.2) is 9.97 Å². The van der Waals surface area contributed by atoms with Crippen molar-refractivity contribution < 1.29 is 13.9 Å². The zero-order chi connectivity index (χ0) is 21.3. The van der Waals surface area contributed by atoms with Crippen molar-refractivity contribution in [1.29, 1.82) is 0 Å². The van der Waals surface area contributed by atoms with Crippen LogP contribution in [0.1, 0.15) is 11.5 Å². The smallest absolute Gasteiger partial charge is 0.264 e. The molecule has 0 spiro atoms. The highest BCUT2D eigenvalue weighted by molar-refractivity contribution is 5.91. The number of anilines is 1. The summed E-state index contributed by atoms with van der Waals surface area (Å²) in [6.45, 7) is 2.28. The van der Waals surface area contributed by atoms with E-state index in [2.05, 4.69) is 10.3 Å². The molecule has 8 nitrogen and oxygen atoms in total. The molecule has 0 radical (unpaired) electrons. The van der Waals surface area contributed by atoms with Gasteiger partial charge in [-0.3, -0.25) is 4.79 Å². The van der Waals surface area contributed by atoms with E-state index in [1.807, 2.05) is 37.3 Å². The Balaban J connectivity index is 1.83. The SMILES string of the molecule is COc1ccc(-c2cc3ncn(C)c(=O)c3c(NCc3ccc(C)o3)n2)cc1OC. The second kappa shape index (κ2) is 7.90. The van der Waals surface area contributed by atoms with Gasteiger partial charge in [0.2, 0.25) is 0 Å². The molecular weight excluding hydrogens is 384 g/mol. The quantitative estimate of drug-likeness (QED) is 0.524. The maximum absolute atomic E-state index is 12.8. The van der Waals surface area contributed by atoms with Crippen LogP contribution < -0.4 is 20.3 Å². The molecule has 0 bridgehead atoms. The number of hydrogen-bond donors (Lipinski definition) is 1. The molecule has 0 aliphatic carbocycles. The minimum Gasteiger partial charge on any atom is -0.493 e. The Labute approximate surface area is 173 Å². The van der Waals surface area contributed by atoms with Gasteiger partial charge in [-0.05, 0) is 43.3 Å². The first kappa shape index (κ1) is 19.5. The highest BCUT2D eigenvalue weighted by Gasteiger charge is 2.15. The third kappa shape index (κ3) is 3.59. The number of furan rings is 1. The van der Waals surface area contributed by atoms with Crippen LogP contribution >= 0.6 is 0 Å². The van der Waals surface area contributed by atoms with Crippen molar-refractivity contribution in [3.8, 4) is 22.8 Å². The molecule has 0 atom stereocenters. The molecule has 30 heavy (non-hydrogen) atoms. The number of rotatable bonds is 6. The number of hydrogen-bond acceptors (Lipinski definition) is 7. The van der Waals surface area contributed by atoms with E-state index in [1.54, 1.807) is 27.3 Å². The summed E-state index contributed by atoms with van der Waals surface area (Å²) in [5, 5.41) is 3.66. The number of nitrogens with one attached hydrogen (secondary N) is 1. The molecule has 4 rings (SSSR count). The summed E-state index contributed by atoms with van der Waals surface area (Å²) in [7, 11) is 4.83. The minimum atomic E-state index is -0.176. The summed E-state index contributed by atoms with van der Waals surface area (Å²) in [5.74, 6) is 3.23. The molecule has 0 unspecified atom stereocenters. The average Bonchev–Trinajstić information content (AvgIpc) is 3.19. The maximum Gasteiger partial charge on any atom is 0.264 e. The summed E-state index contributed by atoms with van der Waals surface area (Å²) in [6, 6.07) is 11.1. The monoisotopic (exact) mass is 406 g/mol. The Morgan fingerprint density at radius 3 is 2.60 bits per heavy atom. The van der Waals surface area contributed by atoms with E-state index in [-0.39, 0.29) is 5.56 Å². The normalized spacial score (nSPS) is 10.9. The fourth-order valence-electron chi connectivity index (χ4n) is 3.24. The number of aromatic nitrogens is 3. The standard InChI is InChI=1S/C22H22N4O4/c1-13-5-7-15(30-13)11-23-21-20-17(24-12-26(2)22(20)27)10-16(25-21)14-6-8-18(28-3)19(9-14)29-4/h5-10,12H,11H2,1-4H3,(H,23,25). The predicted molar refractivity (Wildman–Crippen MR) is 114 cm³/mol. The Morgan fingerprint density at radius 1 is 1.10 bits per heavy atom. The molecule has 3 aromatic heterocycles. The molecule has 154 valence electrons. The predicted octanol–water partition coefficient (Wildman–Crippen LogP) is 3.53. The maximum atomic E-state index is 12.8. The van der Waals surface area contributed by atoms with Gasteiger partial charge in [-0.2, -0.15) is 0 Å². The third-order valence-electron chi connectivity index (χ3n) is 4.81. The van der Waals surface area contributed by atoms with E-state index >= 15 is 0 Å². The Hall–Kier alpha value is -3.81. The highest BCUT2D eigenvalue weighted by atomic mass is 16.5. The molecule has 8 heteroatoms. The number of aryl methyl sites for hydroxylation is 2. The number of pyridine rings is 1. The van der Waals surface area contributed by atoms with Gasteiger partial charge in [-0.1, -0.05) is 0 Å². The molecule has 3 heterocycles. The van der Waals surface area contributed by atoms with Crippen molar-refractivity contribution in [1.82, 2.24) is 14.5 Å². The van der Waals surface area contributed by atoms with Crippen LogP contribution in [0.5, 0.6) is 11.5 Å². The van der Waals surface area contributed by atoms with Crippen LogP contribution in [0.15, 0.2) is 51.9 Å². The summed E-state index contributed by atoms with van der Waals surface area (Å²) in [5.41, 5.74) is 1.84. The first-order chi connectivity index (χ1) is 14.5. The Kier molecular flexibility index (Phi) is 5.14. The molecule has 0 saturated heterocycles. The zero-order valence-corrected chi connectivity index (χ0v) is 17.2. The fraction of sp³-hybridized carbons (Fsp3) is 0.227. The van der Waals surface area contributed by atoms with Crippen molar-refractivity contribution >= 4 is 16.7 Å². The highest BCUT2D eigenvalue weighted by Crippen LogP contribution is 2.33. The summed E-state index contributed by atoms with van der Waals surface area (Å²) in [6.07, 6.45) is 1.50. The van der Waals surface area contributed by atoms with Gasteiger partial charge < -0.3 is 23.8 Å². The van der Waals surface area contributed by atoms with E-state index in [0.29, 0.717) is 40.5 Å². The van der Waals surface area contributed by atoms with Crippen LogP contribution in [0.25, 0.3) is 22.2 Å². The van der Waals surface area contributed by atoms with Crippen LogP contribution in [-0.2, 0) is 13.6 Å². The summed E-state index contributed by atoms with van der Waals surface area (Å²) < 4.78 is 17.8. The van der Waals surface area contributed by atoms with Crippen LogP contribution in [0.2, 0.25) is 0 Å². The number of benzene rings is 1. The van der Waals surface area contributed by atoms with Gasteiger partial charge >= 0.3 is 0 Å². The molecule has 0 aliphatic heterocycles. The van der Waals surface area contributed by atoms with E-state index < -0.39 is 0 Å². The second-order valence-electron chi connectivity index (χ2n) is 6.85. The van der Waals surface area contributed by atoms with Crippen molar-refractivity contribution in [3.05, 3.63) is 64.6 Å². The largest absolute Gasteiger partial charge is 0.493 e. The molecule has 0 amide bonds. The average molecular weight is 406 g/mol. The van der Waals surface area contributed by atoms with E-state index in [0.717, 1.165) is 17.1 Å². The minimum absolute atomic E-state index is 0.176. The fourth-order valence-corrected chi connectivity index (χ4v) is 3.24. The van der Waals surface area contributed by atoms with Gasteiger partial charge in [-0.15, -0.1) is 0 Å². The van der Waals surface area contributed by atoms with E-state index in [4.69, 9.17) is 18.9 Å². The van der Waals surface area contributed by atoms with Crippen molar-refractivity contribution in [2.45, 2.75) is 13.5 Å². The molecule has 1 N–H and O–H groups in total. The van der Waals surface area contributed by atoms with Crippen molar-refractivity contribution in [2.75, 3.05) is 19.5 Å². The van der Waals surface area contributed by atoms with E-state index in [1.165, 1.54) is 10.9 Å². The van der Waals surface area contributed by atoms with E-state index in [9.17, 15) is 4.79 Å². The van der Waals surface area contributed by atoms with Crippen molar-refractivity contribution in [2.24, 2.45) is 7.05 Å². The lowest BCUT2D eigenvalue weighted by Crippen LogP contribution is -2.19. The molecule has 4 aromatic rings. The molecule has 0 saturated carbocycles. The third-order valence-corrected chi connectivity index (χ3v) is 4.81. The van der Waals surface area contributed by atoms with Crippen LogP contribution in [0.4, 0.5) is 5.82 Å². The van der Waals surface area contributed by atoms with Crippen molar-refractivity contribution in [3.63, 3.8) is 0 Å². The molecular formula is C22H22N4O4. The Morgan fingerprint density at radius 2 is 1.90 bits per heavy atom. The van der Waals surface area contributed by atoms with Gasteiger partial charge in [0, 0.05) is 12.6 Å². The van der Waals surface area contributed by atoms with Gasteiger partial charge in [0.15, 0.2) is 11.5 Å². The molecule has 0 fully saturated rings. The lowest BCUT2D eigenvalue weighted by Gasteiger charge is -2.13. The number of nitrogens with zero attached hydrogens (tertiary/aromatic N) is 3. The second-order valence-corrected chi connectivity index (χ2v) is 6.85. The lowest BCUT2D eigenvalue weighted by atomic mass is 10.1. The number of fused-ring (bicyclic) bond motifs is 1.